The molecule has 2 heterocycles. The summed E-state index contributed by atoms with van der Waals surface area (Å²) in [5.41, 5.74) is 0.272. The smallest absolute Gasteiger partial charge is 0.331 e. The second kappa shape index (κ2) is 5.42. The standard InChI is InChI=1S/C13H18N2O4/c1-2-9(13(18)19)5-7-14-8-11(16)15-6-3-4-10(15)12(14)17/h5,10H,2-4,6-8H2,1H3,(H,18,19). The van der Waals surface area contributed by atoms with Crippen LogP contribution in [0.25, 0.3) is 0 Å². The fourth-order valence-corrected chi connectivity index (χ4v) is 2.62. The Bertz CT molecular complexity index is 444. The van der Waals surface area contributed by atoms with E-state index in [9.17, 15) is 14.4 Å². The van der Waals surface area contributed by atoms with E-state index in [1.165, 1.54) is 11.0 Å². The third-order valence-electron chi connectivity index (χ3n) is 3.71. The molecule has 2 aliphatic rings. The van der Waals surface area contributed by atoms with E-state index in [0.717, 1.165) is 6.42 Å². The Balaban J connectivity index is 2.07. The van der Waals surface area contributed by atoms with E-state index in [-0.39, 0.29) is 36.5 Å². The molecule has 6 heteroatoms. The van der Waals surface area contributed by atoms with Gasteiger partial charge in [-0.1, -0.05) is 13.0 Å². The lowest BCUT2D eigenvalue weighted by atomic mass is 10.1. The van der Waals surface area contributed by atoms with Crippen molar-refractivity contribution in [3.05, 3.63) is 11.6 Å². The fraction of sp³-hybridized carbons (Fsp3) is 0.615. The Morgan fingerprint density at radius 1 is 1.47 bits per heavy atom. The van der Waals surface area contributed by atoms with E-state index in [1.807, 2.05) is 0 Å². The molecule has 0 radical (unpaired) electrons. The van der Waals surface area contributed by atoms with Crippen molar-refractivity contribution in [1.29, 1.82) is 0 Å². The quantitative estimate of drug-likeness (QED) is 0.739. The van der Waals surface area contributed by atoms with Crippen molar-refractivity contribution in [2.45, 2.75) is 32.2 Å². The van der Waals surface area contributed by atoms with Crippen molar-refractivity contribution in [2.24, 2.45) is 0 Å². The molecule has 0 aliphatic carbocycles. The minimum atomic E-state index is -0.972. The van der Waals surface area contributed by atoms with E-state index in [4.69, 9.17) is 5.11 Å². The third kappa shape index (κ3) is 2.62. The predicted molar refractivity (Wildman–Crippen MR) is 67.3 cm³/mol. The lowest BCUT2D eigenvalue weighted by molar-refractivity contribution is -0.152. The highest BCUT2D eigenvalue weighted by Crippen LogP contribution is 2.23. The maximum absolute atomic E-state index is 12.2. The summed E-state index contributed by atoms with van der Waals surface area (Å²) in [7, 11) is 0. The SMILES string of the molecule is CCC(=CCN1CC(=O)N2CCCC2C1=O)C(=O)O. The number of fused-ring (bicyclic) bond motifs is 1. The molecule has 2 rings (SSSR count). The summed E-state index contributed by atoms with van der Waals surface area (Å²) in [5.74, 6) is -1.07. The predicted octanol–water partition coefficient (Wildman–Crippen LogP) is 0.241. The highest BCUT2D eigenvalue weighted by molar-refractivity contribution is 5.95. The molecule has 104 valence electrons. The van der Waals surface area contributed by atoms with E-state index in [1.54, 1.807) is 11.8 Å². The molecule has 1 atom stereocenters. The molecule has 0 spiro atoms. The molecule has 2 fully saturated rings. The first-order chi connectivity index (χ1) is 9.04. The van der Waals surface area contributed by atoms with Gasteiger partial charge in [0.2, 0.25) is 11.8 Å². The molecule has 0 saturated carbocycles. The summed E-state index contributed by atoms with van der Waals surface area (Å²) in [4.78, 5) is 38.0. The van der Waals surface area contributed by atoms with Gasteiger partial charge in [-0.15, -0.1) is 0 Å². The summed E-state index contributed by atoms with van der Waals surface area (Å²) < 4.78 is 0. The van der Waals surface area contributed by atoms with Crippen LogP contribution in [0.2, 0.25) is 0 Å². The molecule has 0 aromatic carbocycles. The number of nitrogens with zero attached hydrogens (tertiary/aromatic N) is 2. The highest BCUT2D eigenvalue weighted by Gasteiger charge is 2.41. The topological polar surface area (TPSA) is 77.9 Å². The van der Waals surface area contributed by atoms with Crippen molar-refractivity contribution < 1.29 is 19.5 Å². The molecule has 1 N–H and O–H groups in total. The van der Waals surface area contributed by atoms with E-state index in [2.05, 4.69) is 0 Å². The summed E-state index contributed by atoms with van der Waals surface area (Å²) >= 11 is 0. The zero-order valence-electron chi connectivity index (χ0n) is 11.0. The van der Waals surface area contributed by atoms with Gasteiger partial charge in [0.25, 0.3) is 0 Å². The Hall–Kier alpha value is -1.85. The van der Waals surface area contributed by atoms with Gasteiger partial charge in [-0.3, -0.25) is 9.59 Å². The summed E-state index contributed by atoms with van der Waals surface area (Å²) in [5, 5.41) is 8.92. The average molecular weight is 266 g/mol. The fourth-order valence-electron chi connectivity index (χ4n) is 2.62. The molecule has 6 nitrogen and oxygen atoms in total. The van der Waals surface area contributed by atoms with Crippen LogP contribution in [0, 0.1) is 0 Å². The normalized spacial score (nSPS) is 23.8. The molecule has 1 unspecified atom stereocenters. The maximum atomic E-state index is 12.2. The molecule has 0 aromatic rings. The third-order valence-corrected chi connectivity index (χ3v) is 3.71. The van der Waals surface area contributed by atoms with Gasteiger partial charge in [0.1, 0.15) is 12.6 Å². The number of hydrogen-bond donors (Lipinski definition) is 1. The van der Waals surface area contributed by atoms with Crippen molar-refractivity contribution in [2.75, 3.05) is 19.6 Å². The average Bonchev–Trinajstić information content (AvgIpc) is 2.85. The molecule has 0 bridgehead atoms. The first-order valence-corrected chi connectivity index (χ1v) is 6.55. The van der Waals surface area contributed by atoms with Gasteiger partial charge in [-0.25, -0.2) is 4.79 Å². The van der Waals surface area contributed by atoms with E-state index in [0.29, 0.717) is 19.4 Å². The zero-order valence-corrected chi connectivity index (χ0v) is 11.0. The number of carboxylic acids is 1. The van der Waals surface area contributed by atoms with Crippen LogP contribution in [0.4, 0.5) is 0 Å². The Labute approximate surface area is 111 Å². The van der Waals surface area contributed by atoms with Crippen LogP contribution in [-0.2, 0) is 14.4 Å². The van der Waals surface area contributed by atoms with Crippen molar-refractivity contribution in [3.63, 3.8) is 0 Å². The molecule has 0 aromatic heterocycles. The summed E-state index contributed by atoms with van der Waals surface area (Å²) in [6.07, 6.45) is 3.50. The number of hydrogen-bond acceptors (Lipinski definition) is 3. The molecule has 2 saturated heterocycles. The number of carbonyl (C=O) groups is 3. The minimum absolute atomic E-state index is 0.0381. The summed E-state index contributed by atoms with van der Waals surface area (Å²) in [6.45, 7) is 2.67. The van der Waals surface area contributed by atoms with Gasteiger partial charge in [0, 0.05) is 18.7 Å². The van der Waals surface area contributed by atoms with E-state index >= 15 is 0 Å². The lowest BCUT2D eigenvalue weighted by Gasteiger charge is -2.35. The molecular weight excluding hydrogens is 248 g/mol. The monoisotopic (exact) mass is 266 g/mol. The Morgan fingerprint density at radius 3 is 2.84 bits per heavy atom. The lowest BCUT2D eigenvalue weighted by Crippen LogP contribution is -2.57. The number of aliphatic carboxylic acids is 1. The second-order valence-electron chi connectivity index (χ2n) is 4.85. The summed E-state index contributed by atoms with van der Waals surface area (Å²) in [6, 6.07) is -0.329. The number of amides is 2. The largest absolute Gasteiger partial charge is 0.478 e. The van der Waals surface area contributed by atoms with Crippen molar-refractivity contribution in [1.82, 2.24) is 9.80 Å². The van der Waals surface area contributed by atoms with Gasteiger partial charge in [-0.05, 0) is 19.3 Å². The number of rotatable bonds is 4. The highest BCUT2D eigenvalue weighted by atomic mass is 16.4. The number of carbonyl (C=O) groups excluding carboxylic acids is 2. The van der Waals surface area contributed by atoms with Crippen LogP contribution in [0.1, 0.15) is 26.2 Å². The Morgan fingerprint density at radius 2 is 2.21 bits per heavy atom. The van der Waals surface area contributed by atoms with Crippen LogP contribution < -0.4 is 0 Å². The first-order valence-electron chi connectivity index (χ1n) is 6.55. The zero-order chi connectivity index (χ0) is 14.0. The second-order valence-corrected chi connectivity index (χ2v) is 4.85. The Kier molecular flexibility index (Phi) is 3.87. The molecule has 2 amide bonds. The maximum Gasteiger partial charge on any atom is 0.331 e. The van der Waals surface area contributed by atoms with Gasteiger partial charge in [0.15, 0.2) is 0 Å². The van der Waals surface area contributed by atoms with Crippen molar-refractivity contribution in [3.8, 4) is 0 Å². The van der Waals surface area contributed by atoms with Gasteiger partial charge >= 0.3 is 5.97 Å². The van der Waals surface area contributed by atoms with Crippen LogP contribution in [0.15, 0.2) is 11.6 Å². The van der Waals surface area contributed by atoms with Crippen LogP contribution >= 0.6 is 0 Å². The minimum Gasteiger partial charge on any atom is -0.478 e. The molecular formula is C13H18N2O4. The number of carboxylic acid groups (broad SMARTS) is 1. The van der Waals surface area contributed by atoms with Gasteiger partial charge < -0.3 is 14.9 Å². The first kappa shape index (κ1) is 13.6. The van der Waals surface area contributed by atoms with Crippen LogP contribution in [0.5, 0.6) is 0 Å². The number of piperazine rings is 1. The van der Waals surface area contributed by atoms with Gasteiger partial charge in [-0.2, -0.15) is 0 Å². The van der Waals surface area contributed by atoms with E-state index < -0.39 is 5.97 Å². The van der Waals surface area contributed by atoms with Crippen molar-refractivity contribution >= 4 is 17.8 Å². The van der Waals surface area contributed by atoms with Crippen LogP contribution in [0.3, 0.4) is 0 Å². The molecule has 2 aliphatic heterocycles. The van der Waals surface area contributed by atoms with Crippen LogP contribution in [-0.4, -0.2) is 58.4 Å². The van der Waals surface area contributed by atoms with Gasteiger partial charge in [0.05, 0.1) is 0 Å². The molecule has 19 heavy (non-hydrogen) atoms.